The van der Waals surface area contributed by atoms with E-state index in [1.807, 2.05) is 4.90 Å². The molecule has 2 unspecified atom stereocenters. The van der Waals surface area contributed by atoms with Crippen LogP contribution in [0, 0.1) is 0 Å². The number of piperazine rings is 1. The van der Waals surface area contributed by atoms with Crippen molar-refractivity contribution in [3.05, 3.63) is 0 Å². The molecular weight excluding hydrogens is 268 g/mol. The number of hydrogen-bond donors (Lipinski definition) is 0. The molecular formula is C12H23BrN2O. The van der Waals surface area contributed by atoms with Gasteiger partial charge in [-0.2, -0.15) is 0 Å². The summed E-state index contributed by atoms with van der Waals surface area (Å²) in [5.41, 5.74) is 0. The molecule has 0 spiro atoms. The zero-order valence-electron chi connectivity index (χ0n) is 10.6. The van der Waals surface area contributed by atoms with Gasteiger partial charge in [0, 0.05) is 36.9 Å². The highest BCUT2D eigenvalue weighted by atomic mass is 79.9. The highest BCUT2D eigenvalue weighted by Crippen LogP contribution is 2.15. The first kappa shape index (κ1) is 14.0. The maximum absolute atomic E-state index is 12.0. The first-order valence-electron chi connectivity index (χ1n) is 6.12. The molecule has 94 valence electrons. The van der Waals surface area contributed by atoms with Crippen LogP contribution in [0.5, 0.6) is 0 Å². The van der Waals surface area contributed by atoms with Gasteiger partial charge in [0.2, 0.25) is 5.91 Å². The standard InChI is InChI=1S/C12H23BrN2O/c1-10-8-15(9-11(2)14(10)3)12(16)6-4-5-7-13/h10-11H,4-9H2,1-3H3. The van der Waals surface area contributed by atoms with Crippen molar-refractivity contribution in [3.8, 4) is 0 Å². The predicted molar refractivity (Wildman–Crippen MR) is 70.9 cm³/mol. The molecule has 2 atom stereocenters. The maximum Gasteiger partial charge on any atom is 0.222 e. The highest BCUT2D eigenvalue weighted by molar-refractivity contribution is 9.09. The van der Waals surface area contributed by atoms with Gasteiger partial charge in [-0.1, -0.05) is 15.9 Å². The van der Waals surface area contributed by atoms with Crippen LogP contribution in [-0.4, -0.2) is 53.3 Å². The van der Waals surface area contributed by atoms with E-state index in [0.29, 0.717) is 24.4 Å². The second-order valence-corrected chi connectivity index (χ2v) is 5.60. The second-order valence-electron chi connectivity index (χ2n) is 4.81. The van der Waals surface area contributed by atoms with Gasteiger partial charge in [0.15, 0.2) is 0 Å². The predicted octanol–water partition coefficient (Wildman–Crippen LogP) is 2.10. The summed E-state index contributed by atoms with van der Waals surface area (Å²) in [6.07, 6.45) is 2.79. The van der Waals surface area contributed by atoms with Crippen molar-refractivity contribution in [2.24, 2.45) is 0 Å². The molecule has 1 aliphatic heterocycles. The molecule has 4 heteroatoms. The topological polar surface area (TPSA) is 23.6 Å². The minimum Gasteiger partial charge on any atom is -0.340 e. The lowest BCUT2D eigenvalue weighted by Crippen LogP contribution is -2.56. The maximum atomic E-state index is 12.0. The van der Waals surface area contributed by atoms with Crippen molar-refractivity contribution in [1.82, 2.24) is 9.80 Å². The average Bonchev–Trinajstić information content (AvgIpc) is 2.25. The Kier molecular flexibility index (Phi) is 5.76. The van der Waals surface area contributed by atoms with Crippen LogP contribution in [0.25, 0.3) is 0 Å². The van der Waals surface area contributed by atoms with Crippen LogP contribution < -0.4 is 0 Å². The number of alkyl halides is 1. The van der Waals surface area contributed by atoms with Crippen molar-refractivity contribution in [3.63, 3.8) is 0 Å². The SMILES string of the molecule is CC1CN(C(=O)CCCCBr)CC(C)N1C. The third-order valence-electron chi connectivity index (χ3n) is 3.49. The van der Waals surface area contributed by atoms with Gasteiger partial charge in [0.05, 0.1) is 0 Å². The van der Waals surface area contributed by atoms with Gasteiger partial charge >= 0.3 is 0 Å². The molecule has 0 saturated carbocycles. The summed E-state index contributed by atoms with van der Waals surface area (Å²) in [6.45, 7) is 6.14. The molecule has 0 aliphatic carbocycles. The Balaban J connectivity index is 2.39. The first-order valence-corrected chi connectivity index (χ1v) is 7.24. The monoisotopic (exact) mass is 290 g/mol. The molecule has 3 nitrogen and oxygen atoms in total. The lowest BCUT2D eigenvalue weighted by atomic mass is 10.1. The summed E-state index contributed by atoms with van der Waals surface area (Å²) in [5.74, 6) is 0.327. The Bertz CT molecular complexity index is 223. The van der Waals surface area contributed by atoms with E-state index in [1.54, 1.807) is 0 Å². The summed E-state index contributed by atoms with van der Waals surface area (Å²) >= 11 is 3.39. The fourth-order valence-corrected chi connectivity index (χ4v) is 2.53. The summed E-state index contributed by atoms with van der Waals surface area (Å²) in [6, 6.07) is 0.952. The van der Waals surface area contributed by atoms with Crippen molar-refractivity contribution < 1.29 is 4.79 Å². The number of likely N-dealkylation sites (N-methyl/N-ethyl adjacent to an activating group) is 1. The fraction of sp³-hybridized carbons (Fsp3) is 0.917. The summed E-state index contributed by atoms with van der Waals surface area (Å²) in [4.78, 5) is 16.3. The lowest BCUT2D eigenvalue weighted by Gasteiger charge is -2.42. The molecule has 0 N–H and O–H groups in total. The van der Waals surface area contributed by atoms with E-state index in [2.05, 4.69) is 41.7 Å². The van der Waals surface area contributed by atoms with E-state index in [4.69, 9.17) is 0 Å². The number of hydrogen-bond acceptors (Lipinski definition) is 2. The Morgan fingerprint density at radius 1 is 1.25 bits per heavy atom. The van der Waals surface area contributed by atoms with Gasteiger partial charge < -0.3 is 4.90 Å². The normalized spacial score (nSPS) is 27.1. The Hall–Kier alpha value is -0.0900. The second kappa shape index (κ2) is 6.60. The van der Waals surface area contributed by atoms with E-state index < -0.39 is 0 Å². The number of rotatable bonds is 4. The van der Waals surface area contributed by atoms with Gasteiger partial charge in [-0.3, -0.25) is 9.69 Å². The lowest BCUT2D eigenvalue weighted by molar-refractivity contribution is -0.135. The molecule has 0 radical (unpaired) electrons. The van der Waals surface area contributed by atoms with Crippen LogP contribution in [0.4, 0.5) is 0 Å². The van der Waals surface area contributed by atoms with Gasteiger partial charge in [0.1, 0.15) is 0 Å². The average molecular weight is 291 g/mol. The molecule has 0 aromatic rings. The van der Waals surface area contributed by atoms with Crippen LogP contribution in [-0.2, 0) is 4.79 Å². The van der Waals surface area contributed by atoms with E-state index >= 15 is 0 Å². The van der Waals surface area contributed by atoms with Crippen molar-refractivity contribution in [2.45, 2.75) is 45.2 Å². The molecule has 1 amide bonds. The van der Waals surface area contributed by atoms with E-state index in [-0.39, 0.29) is 0 Å². The van der Waals surface area contributed by atoms with E-state index in [9.17, 15) is 4.79 Å². The summed E-state index contributed by atoms with van der Waals surface area (Å²) in [7, 11) is 2.14. The summed E-state index contributed by atoms with van der Waals surface area (Å²) in [5, 5.41) is 0.996. The van der Waals surface area contributed by atoms with E-state index in [0.717, 1.165) is 31.3 Å². The zero-order chi connectivity index (χ0) is 12.1. The third kappa shape index (κ3) is 3.74. The molecule has 0 aromatic heterocycles. The molecule has 1 heterocycles. The minimum absolute atomic E-state index is 0.327. The fourth-order valence-electron chi connectivity index (χ4n) is 2.14. The van der Waals surface area contributed by atoms with Crippen LogP contribution in [0.1, 0.15) is 33.1 Å². The number of carbonyl (C=O) groups excluding carboxylic acids is 1. The van der Waals surface area contributed by atoms with Crippen LogP contribution in [0.3, 0.4) is 0 Å². The van der Waals surface area contributed by atoms with Crippen LogP contribution in [0.15, 0.2) is 0 Å². The molecule has 0 aromatic carbocycles. The zero-order valence-corrected chi connectivity index (χ0v) is 12.2. The number of carbonyl (C=O) groups is 1. The number of amides is 1. The van der Waals surface area contributed by atoms with Crippen molar-refractivity contribution in [2.75, 3.05) is 25.5 Å². The molecule has 1 saturated heterocycles. The number of nitrogens with zero attached hydrogens (tertiary/aromatic N) is 2. The minimum atomic E-state index is 0.327. The van der Waals surface area contributed by atoms with E-state index in [1.165, 1.54) is 0 Å². The van der Waals surface area contributed by atoms with Gasteiger partial charge in [-0.05, 0) is 33.7 Å². The van der Waals surface area contributed by atoms with Crippen LogP contribution in [0.2, 0.25) is 0 Å². The number of unbranched alkanes of at least 4 members (excludes halogenated alkanes) is 1. The highest BCUT2D eigenvalue weighted by Gasteiger charge is 2.28. The summed E-state index contributed by atoms with van der Waals surface area (Å²) < 4.78 is 0. The molecule has 1 fully saturated rings. The molecule has 1 aliphatic rings. The molecule has 1 rings (SSSR count). The Morgan fingerprint density at radius 2 is 1.81 bits per heavy atom. The van der Waals surface area contributed by atoms with Crippen LogP contribution >= 0.6 is 15.9 Å². The molecule has 16 heavy (non-hydrogen) atoms. The van der Waals surface area contributed by atoms with Gasteiger partial charge in [0.25, 0.3) is 0 Å². The Labute approximate surface area is 107 Å². The smallest absolute Gasteiger partial charge is 0.222 e. The number of halogens is 1. The molecule has 0 bridgehead atoms. The van der Waals surface area contributed by atoms with Gasteiger partial charge in [-0.25, -0.2) is 0 Å². The third-order valence-corrected chi connectivity index (χ3v) is 4.05. The van der Waals surface area contributed by atoms with Crippen molar-refractivity contribution in [1.29, 1.82) is 0 Å². The first-order chi connectivity index (χ1) is 7.56. The van der Waals surface area contributed by atoms with Crippen molar-refractivity contribution >= 4 is 21.8 Å². The largest absolute Gasteiger partial charge is 0.340 e. The Morgan fingerprint density at radius 3 is 2.31 bits per heavy atom. The van der Waals surface area contributed by atoms with Gasteiger partial charge in [-0.15, -0.1) is 0 Å². The quantitative estimate of drug-likeness (QED) is 0.585.